The third-order valence-electron chi connectivity index (χ3n) is 3.20. The lowest BCUT2D eigenvalue weighted by atomic mass is 10.3. The number of amides is 1. The molecule has 3 rings (SSSR count). The summed E-state index contributed by atoms with van der Waals surface area (Å²) in [6, 6.07) is 13.6. The first-order valence-electron chi connectivity index (χ1n) is 7.13. The monoisotopic (exact) mass is 327 g/mol. The topological polar surface area (TPSA) is 76.4 Å². The SMILES string of the molecule is O=C(Nc1ccccc1O)c1ccn(COc2ccc(F)cc2)n1. The summed E-state index contributed by atoms with van der Waals surface area (Å²) in [6.07, 6.45) is 1.59. The minimum atomic E-state index is -0.447. The molecule has 0 saturated heterocycles. The number of aromatic nitrogens is 2. The molecule has 24 heavy (non-hydrogen) atoms. The molecule has 1 aromatic heterocycles. The summed E-state index contributed by atoms with van der Waals surface area (Å²) in [6.45, 7) is 0.0789. The number of para-hydroxylation sites is 2. The number of anilines is 1. The van der Waals surface area contributed by atoms with Gasteiger partial charge in [-0.2, -0.15) is 5.10 Å². The molecule has 1 amide bonds. The molecule has 0 spiro atoms. The number of phenols is 1. The normalized spacial score (nSPS) is 10.4. The Hall–Kier alpha value is -3.35. The van der Waals surface area contributed by atoms with E-state index in [1.165, 1.54) is 41.1 Å². The van der Waals surface area contributed by atoms with E-state index in [1.54, 1.807) is 24.4 Å². The number of hydrogen-bond acceptors (Lipinski definition) is 4. The van der Waals surface area contributed by atoms with Gasteiger partial charge in [-0.25, -0.2) is 9.07 Å². The van der Waals surface area contributed by atoms with Crippen LogP contribution in [0.15, 0.2) is 60.8 Å². The number of aromatic hydroxyl groups is 1. The lowest BCUT2D eigenvalue weighted by Gasteiger charge is -2.06. The Labute approximate surface area is 137 Å². The van der Waals surface area contributed by atoms with E-state index < -0.39 is 5.91 Å². The first kappa shape index (κ1) is 15.5. The fraction of sp³-hybridized carbons (Fsp3) is 0.0588. The Morgan fingerprint density at radius 2 is 1.92 bits per heavy atom. The van der Waals surface area contributed by atoms with Crippen LogP contribution in [-0.4, -0.2) is 20.8 Å². The number of rotatable bonds is 5. The van der Waals surface area contributed by atoms with Crippen LogP contribution in [0.25, 0.3) is 0 Å². The summed E-state index contributed by atoms with van der Waals surface area (Å²) < 4.78 is 19.7. The molecular formula is C17H14FN3O3. The molecule has 3 aromatic rings. The second-order valence-corrected chi connectivity index (χ2v) is 4.94. The zero-order valence-electron chi connectivity index (χ0n) is 12.5. The van der Waals surface area contributed by atoms with Gasteiger partial charge >= 0.3 is 0 Å². The van der Waals surface area contributed by atoms with Gasteiger partial charge in [0.05, 0.1) is 5.69 Å². The molecule has 0 fully saturated rings. The van der Waals surface area contributed by atoms with Gasteiger partial charge in [-0.15, -0.1) is 0 Å². The second-order valence-electron chi connectivity index (χ2n) is 4.94. The van der Waals surface area contributed by atoms with E-state index in [9.17, 15) is 14.3 Å². The molecule has 2 aromatic carbocycles. The fourth-order valence-corrected chi connectivity index (χ4v) is 1.99. The number of carbonyl (C=O) groups is 1. The summed E-state index contributed by atoms with van der Waals surface area (Å²) in [4.78, 5) is 12.1. The number of halogens is 1. The molecule has 0 aliphatic rings. The van der Waals surface area contributed by atoms with Crippen molar-refractivity contribution in [2.75, 3.05) is 5.32 Å². The summed E-state index contributed by atoms with van der Waals surface area (Å²) in [7, 11) is 0. The summed E-state index contributed by atoms with van der Waals surface area (Å²) in [5.74, 6) is -0.321. The van der Waals surface area contributed by atoms with Gasteiger partial charge in [0.15, 0.2) is 12.4 Å². The van der Waals surface area contributed by atoms with Gasteiger partial charge in [0.2, 0.25) is 0 Å². The van der Waals surface area contributed by atoms with Crippen molar-refractivity contribution in [3.63, 3.8) is 0 Å². The zero-order valence-corrected chi connectivity index (χ0v) is 12.5. The molecular weight excluding hydrogens is 313 g/mol. The number of nitrogens with one attached hydrogen (secondary N) is 1. The van der Waals surface area contributed by atoms with Gasteiger partial charge < -0.3 is 15.2 Å². The molecule has 7 heteroatoms. The van der Waals surface area contributed by atoms with Crippen molar-refractivity contribution < 1.29 is 19.0 Å². The van der Waals surface area contributed by atoms with E-state index in [2.05, 4.69) is 10.4 Å². The van der Waals surface area contributed by atoms with Crippen LogP contribution in [0.3, 0.4) is 0 Å². The van der Waals surface area contributed by atoms with Crippen molar-refractivity contribution in [3.05, 3.63) is 72.3 Å². The van der Waals surface area contributed by atoms with E-state index in [1.807, 2.05) is 0 Å². The molecule has 0 aliphatic heterocycles. The maximum atomic E-state index is 12.8. The van der Waals surface area contributed by atoms with Crippen LogP contribution in [0.5, 0.6) is 11.5 Å². The molecule has 1 heterocycles. The predicted octanol–water partition coefficient (Wildman–Crippen LogP) is 3.02. The van der Waals surface area contributed by atoms with Crippen LogP contribution in [0.2, 0.25) is 0 Å². The van der Waals surface area contributed by atoms with Crippen molar-refractivity contribution in [3.8, 4) is 11.5 Å². The van der Waals surface area contributed by atoms with E-state index in [0.29, 0.717) is 11.4 Å². The maximum absolute atomic E-state index is 12.8. The number of hydrogen-bond donors (Lipinski definition) is 2. The third-order valence-corrected chi connectivity index (χ3v) is 3.20. The third kappa shape index (κ3) is 3.70. The van der Waals surface area contributed by atoms with Crippen LogP contribution in [0.4, 0.5) is 10.1 Å². The van der Waals surface area contributed by atoms with Crippen LogP contribution < -0.4 is 10.1 Å². The average molecular weight is 327 g/mol. The molecule has 0 aliphatic carbocycles. The highest BCUT2D eigenvalue weighted by atomic mass is 19.1. The maximum Gasteiger partial charge on any atom is 0.276 e. The number of nitrogens with zero attached hydrogens (tertiary/aromatic N) is 2. The largest absolute Gasteiger partial charge is 0.506 e. The number of ether oxygens (including phenoxy) is 1. The van der Waals surface area contributed by atoms with Crippen LogP contribution in [0, 0.1) is 5.82 Å². The highest BCUT2D eigenvalue weighted by Crippen LogP contribution is 2.22. The minimum Gasteiger partial charge on any atom is -0.506 e. The van der Waals surface area contributed by atoms with Gasteiger partial charge in [-0.3, -0.25) is 4.79 Å². The van der Waals surface area contributed by atoms with Gasteiger partial charge in [0, 0.05) is 6.20 Å². The Balaban J connectivity index is 1.61. The van der Waals surface area contributed by atoms with Gasteiger partial charge in [0.25, 0.3) is 5.91 Å². The minimum absolute atomic E-state index is 0.0232. The van der Waals surface area contributed by atoms with E-state index in [0.717, 1.165) is 0 Å². The lowest BCUT2D eigenvalue weighted by Crippen LogP contribution is -2.14. The van der Waals surface area contributed by atoms with E-state index in [4.69, 9.17) is 4.74 Å². The molecule has 122 valence electrons. The van der Waals surface area contributed by atoms with Gasteiger partial charge in [-0.05, 0) is 42.5 Å². The quantitative estimate of drug-likeness (QED) is 0.706. The molecule has 0 atom stereocenters. The lowest BCUT2D eigenvalue weighted by molar-refractivity contribution is 0.102. The van der Waals surface area contributed by atoms with Crippen molar-refractivity contribution >= 4 is 11.6 Å². The van der Waals surface area contributed by atoms with E-state index >= 15 is 0 Å². The van der Waals surface area contributed by atoms with Crippen LogP contribution in [-0.2, 0) is 6.73 Å². The van der Waals surface area contributed by atoms with Crippen molar-refractivity contribution in [2.24, 2.45) is 0 Å². The first-order chi connectivity index (χ1) is 11.6. The summed E-state index contributed by atoms with van der Waals surface area (Å²) in [5, 5.41) is 16.3. The Kier molecular flexibility index (Phi) is 4.42. The summed E-state index contributed by atoms with van der Waals surface area (Å²) >= 11 is 0. The number of phenolic OH excluding ortho intramolecular Hbond substituents is 1. The van der Waals surface area contributed by atoms with Crippen LogP contribution in [0.1, 0.15) is 10.5 Å². The summed E-state index contributed by atoms with van der Waals surface area (Å²) in [5.41, 5.74) is 0.487. The van der Waals surface area contributed by atoms with Crippen molar-refractivity contribution in [2.45, 2.75) is 6.73 Å². The Bertz CT molecular complexity index is 846. The molecule has 0 radical (unpaired) electrons. The van der Waals surface area contributed by atoms with Crippen molar-refractivity contribution in [1.82, 2.24) is 9.78 Å². The predicted molar refractivity (Wildman–Crippen MR) is 85.3 cm³/mol. The van der Waals surface area contributed by atoms with Crippen LogP contribution >= 0.6 is 0 Å². The highest BCUT2D eigenvalue weighted by molar-refractivity contribution is 6.03. The standard InChI is InChI=1S/C17H14FN3O3/c18-12-5-7-13(8-6-12)24-11-21-10-9-15(20-21)17(23)19-14-3-1-2-4-16(14)22/h1-10,22H,11H2,(H,19,23). The van der Waals surface area contributed by atoms with Gasteiger partial charge in [-0.1, -0.05) is 12.1 Å². The molecule has 6 nitrogen and oxygen atoms in total. The molecule has 0 bridgehead atoms. The average Bonchev–Trinajstić information content (AvgIpc) is 3.06. The Morgan fingerprint density at radius 1 is 1.17 bits per heavy atom. The molecule has 0 saturated carbocycles. The Morgan fingerprint density at radius 3 is 2.67 bits per heavy atom. The fourth-order valence-electron chi connectivity index (χ4n) is 1.99. The van der Waals surface area contributed by atoms with Crippen molar-refractivity contribution in [1.29, 1.82) is 0 Å². The smallest absolute Gasteiger partial charge is 0.276 e. The highest BCUT2D eigenvalue weighted by Gasteiger charge is 2.11. The first-order valence-corrected chi connectivity index (χ1v) is 7.13. The molecule has 2 N–H and O–H groups in total. The van der Waals surface area contributed by atoms with Gasteiger partial charge in [0.1, 0.15) is 17.3 Å². The van der Waals surface area contributed by atoms with E-state index in [-0.39, 0.29) is 24.0 Å². The second kappa shape index (κ2) is 6.82. The number of benzene rings is 2. The molecule has 0 unspecified atom stereocenters. The number of carbonyl (C=O) groups excluding carboxylic acids is 1. The zero-order chi connectivity index (χ0) is 16.9.